The molecule has 1 aliphatic carbocycles. The van der Waals surface area contributed by atoms with Crippen LogP contribution in [0.1, 0.15) is 17.5 Å². The number of sulfonamides is 1. The van der Waals surface area contributed by atoms with Crippen LogP contribution in [-0.2, 0) is 27.7 Å². The van der Waals surface area contributed by atoms with Crippen LogP contribution in [0, 0.1) is 0 Å². The van der Waals surface area contributed by atoms with Gasteiger partial charge in [0.05, 0.1) is 11.9 Å². The Morgan fingerprint density at radius 2 is 1.91 bits per heavy atom. The van der Waals surface area contributed by atoms with Crippen molar-refractivity contribution in [2.24, 2.45) is 5.73 Å². The summed E-state index contributed by atoms with van der Waals surface area (Å²) in [6.45, 7) is 0.133. The maximum atomic E-state index is 11.4. The number of fused-ring (bicyclic) bond motifs is 1. The molecule has 2 unspecified atom stereocenters. The van der Waals surface area contributed by atoms with Gasteiger partial charge in [-0.2, -0.15) is 0 Å². The number of aromatic hydroxyl groups is 1. The number of aliphatic hydroxyl groups excluding tert-OH is 1. The average Bonchev–Trinajstić information content (AvgIpc) is 2.75. The Morgan fingerprint density at radius 3 is 2.64 bits per heavy atom. The number of ether oxygens (including phenoxy) is 2. The molecule has 1 aliphatic rings. The van der Waals surface area contributed by atoms with Crippen molar-refractivity contribution in [2.45, 2.75) is 31.4 Å². The van der Waals surface area contributed by atoms with E-state index in [0.717, 1.165) is 31.1 Å². The lowest BCUT2D eigenvalue weighted by Gasteiger charge is -2.27. The number of carbonyl (C=O) groups is 1. The first-order chi connectivity index (χ1) is 15.6. The largest absolute Gasteiger partial charge is 0.506 e. The Bertz CT molecular complexity index is 1090. The summed E-state index contributed by atoms with van der Waals surface area (Å²) in [5.41, 5.74) is 7.48. The number of anilines is 1. The third-order valence-corrected chi connectivity index (χ3v) is 5.73. The number of nitrogens with two attached hydrogens (primary N) is 1. The fraction of sp³-hybridized carbons (Fsp3) is 0.409. The van der Waals surface area contributed by atoms with E-state index in [4.69, 9.17) is 15.2 Å². The number of hydrogen-bond donors (Lipinski definition) is 5. The Hall–Kier alpha value is -3.02. The van der Waals surface area contributed by atoms with Crippen molar-refractivity contribution in [2.75, 3.05) is 30.7 Å². The Labute approximate surface area is 192 Å². The quantitative estimate of drug-likeness (QED) is 0.292. The Kier molecular flexibility index (Phi) is 8.01. The number of phenols is 1. The number of benzene rings is 2. The molecule has 6 N–H and O–H groups in total. The first kappa shape index (κ1) is 24.6. The molecule has 3 rings (SSSR count). The normalized spacial score (nSPS) is 16.5. The van der Waals surface area contributed by atoms with Crippen LogP contribution in [-0.4, -0.2) is 62.7 Å². The monoisotopic (exact) mass is 479 g/mol. The van der Waals surface area contributed by atoms with E-state index >= 15 is 0 Å². The molecule has 11 heteroatoms. The van der Waals surface area contributed by atoms with Crippen LogP contribution in [0.4, 0.5) is 5.69 Å². The fourth-order valence-corrected chi connectivity index (χ4v) is 4.16. The number of carbonyl (C=O) groups excluding carboxylic acids is 1. The molecule has 0 aliphatic heterocycles. The van der Waals surface area contributed by atoms with Crippen molar-refractivity contribution >= 4 is 21.6 Å². The number of rotatable bonds is 11. The van der Waals surface area contributed by atoms with Crippen LogP contribution in [0.2, 0.25) is 0 Å². The van der Waals surface area contributed by atoms with Gasteiger partial charge in [-0.15, -0.1) is 0 Å². The maximum Gasteiger partial charge on any atom is 0.255 e. The zero-order valence-electron chi connectivity index (χ0n) is 18.3. The number of primary amides is 1. The lowest BCUT2D eigenvalue weighted by Crippen LogP contribution is -2.40. The lowest BCUT2D eigenvalue weighted by atomic mass is 9.88. The van der Waals surface area contributed by atoms with Crippen molar-refractivity contribution in [3.8, 4) is 17.2 Å². The molecular weight excluding hydrogens is 450 g/mol. The second-order valence-electron chi connectivity index (χ2n) is 8.05. The highest BCUT2D eigenvalue weighted by Gasteiger charge is 2.20. The highest BCUT2D eigenvalue weighted by molar-refractivity contribution is 7.92. The predicted molar refractivity (Wildman–Crippen MR) is 123 cm³/mol. The predicted octanol–water partition coefficient (Wildman–Crippen LogP) is 0.515. The molecule has 33 heavy (non-hydrogen) atoms. The smallest absolute Gasteiger partial charge is 0.255 e. The van der Waals surface area contributed by atoms with Gasteiger partial charge < -0.3 is 30.7 Å². The van der Waals surface area contributed by atoms with Crippen LogP contribution in [0.3, 0.4) is 0 Å². The van der Waals surface area contributed by atoms with Gasteiger partial charge in [-0.05, 0) is 54.7 Å². The highest BCUT2D eigenvalue weighted by atomic mass is 32.2. The van der Waals surface area contributed by atoms with Crippen molar-refractivity contribution in [1.82, 2.24) is 5.32 Å². The minimum absolute atomic E-state index is 0.00247. The first-order valence-electron chi connectivity index (χ1n) is 10.5. The average molecular weight is 480 g/mol. The van der Waals surface area contributed by atoms with Crippen molar-refractivity contribution in [1.29, 1.82) is 0 Å². The molecule has 0 radical (unpaired) electrons. The van der Waals surface area contributed by atoms with Gasteiger partial charge in [0, 0.05) is 18.7 Å². The summed E-state index contributed by atoms with van der Waals surface area (Å²) in [6.07, 6.45) is 2.75. The Balaban J connectivity index is 1.48. The molecule has 10 nitrogen and oxygen atoms in total. The van der Waals surface area contributed by atoms with Crippen LogP contribution >= 0.6 is 0 Å². The number of phenolic OH excluding ortho intramolecular Hbond substituents is 1. The second kappa shape index (κ2) is 10.7. The summed E-state index contributed by atoms with van der Waals surface area (Å²) in [6, 6.07) is 10.1. The van der Waals surface area contributed by atoms with Crippen LogP contribution in [0.25, 0.3) is 0 Å². The molecule has 0 spiro atoms. The highest BCUT2D eigenvalue weighted by Crippen LogP contribution is 2.29. The minimum atomic E-state index is -3.55. The molecule has 0 saturated carbocycles. The summed E-state index contributed by atoms with van der Waals surface area (Å²) in [7, 11) is -3.55. The molecule has 0 aromatic heterocycles. The lowest BCUT2D eigenvalue weighted by molar-refractivity contribution is -0.119. The van der Waals surface area contributed by atoms with Gasteiger partial charge in [0.2, 0.25) is 10.0 Å². The van der Waals surface area contributed by atoms with Crippen molar-refractivity contribution in [3.05, 3.63) is 47.5 Å². The molecule has 2 atom stereocenters. The Morgan fingerprint density at radius 1 is 1.18 bits per heavy atom. The van der Waals surface area contributed by atoms with Crippen LogP contribution in [0.5, 0.6) is 17.2 Å². The van der Waals surface area contributed by atoms with Gasteiger partial charge in [-0.3, -0.25) is 9.52 Å². The van der Waals surface area contributed by atoms with Gasteiger partial charge in [-0.1, -0.05) is 6.07 Å². The third kappa shape index (κ3) is 7.81. The van der Waals surface area contributed by atoms with Crippen LogP contribution in [0.15, 0.2) is 36.4 Å². The second-order valence-corrected chi connectivity index (χ2v) is 9.80. The van der Waals surface area contributed by atoms with E-state index in [-0.39, 0.29) is 30.7 Å². The topological polar surface area (TPSA) is 160 Å². The molecule has 2 aromatic carbocycles. The van der Waals surface area contributed by atoms with Gasteiger partial charge in [-0.25, -0.2) is 8.42 Å². The molecule has 0 heterocycles. The summed E-state index contributed by atoms with van der Waals surface area (Å²) >= 11 is 0. The first-order valence-corrected chi connectivity index (χ1v) is 12.4. The van der Waals surface area contributed by atoms with E-state index in [1.165, 1.54) is 23.8 Å². The van der Waals surface area contributed by atoms with Crippen molar-refractivity contribution in [3.63, 3.8) is 0 Å². The number of amides is 1. The number of hydrogen-bond acceptors (Lipinski definition) is 8. The zero-order valence-corrected chi connectivity index (χ0v) is 19.1. The molecule has 0 fully saturated rings. The van der Waals surface area contributed by atoms with Crippen LogP contribution < -0.4 is 25.2 Å². The molecular formula is C22H29N3O7S. The standard InChI is InChI=1S/C22H29N3O7S/c1-33(29,30)25-20-10-19(6-7-21(20)27)31-12-17(26)11-24-16-4-2-14-3-5-18(9-15(14)8-16)32-13-22(23)28/h3,5-7,9-10,16-17,24-27H,2,4,8,11-13H2,1H3,(H2,23,28). The third-order valence-electron chi connectivity index (χ3n) is 5.14. The van der Waals surface area contributed by atoms with Gasteiger partial charge >= 0.3 is 0 Å². The molecule has 0 bridgehead atoms. The summed E-state index contributed by atoms with van der Waals surface area (Å²) in [5, 5.41) is 23.4. The minimum Gasteiger partial charge on any atom is -0.506 e. The number of aliphatic hydroxyl groups is 1. The fourth-order valence-electron chi connectivity index (χ4n) is 3.59. The SMILES string of the molecule is CS(=O)(=O)Nc1cc(OCC(O)CNC2CCc3ccc(OCC(N)=O)cc3C2)ccc1O. The van der Waals surface area contributed by atoms with E-state index in [2.05, 4.69) is 10.0 Å². The molecule has 0 saturated heterocycles. The number of aryl methyl sites for hydroxylation is 1. The van der Waals surface area contributed by atoms with E-state index in [9.17, 15) is 23.4 Å². The van der Waals surface area contributed by atoms with E-state index in [1.807, 2.05) is 18.2 Å². The van der Waals surface area contributed by atoms with E-state index < -0.39 is 22.0 Å². The molecule has 180 valence electrons. The maximum absolute atomic E-state index is 11.4. The summed E-state index contributed by atoms with van der Waals surface area (Å²) in [4.78, 5) is 10.9. The van der Waals surface area contributed by atoms with Gasteiger partial charge in [0.15, 0.2) is 6.61 Å². The van der Waals surface area contributed by atoms with Crippen molar-refractivity contribution < 1.29 is 32.9 Å². The van der Waals surface area contributed by atoms with E-state index in [1.54, 1.807) is 0 Å². The molecule has 1 amide bonds. The summed E-state index contributed by atoms with van der Waals surface area (Å²) in [5.74, 6) is 0.155. The zero-order chi connectivity index (χ0) is 24.0. The van der Waals surface area contributed by atoms with E-state index in [0.29, 0.717) is 18.0 Å². The number of nitrogens with one attached hydrogen (secondary N) is 2. The van der Waals surface area contributed by atoms with Gasteiger partial charge in [0.1, 0.15) is 30.0 Å². The summed E-state index contributed by atoms with van der Waals surface area (Å²) < 4.78 is 35.9. The molecule has 2 aromatic rings. The van der Waals surface area contributed by atoms with Gasteiger partial charge in [0.25, 0.3) is 5.91 Å².